The van der Waals surface area contributed by atoms with Gasteiger partial charge in [-0.15, -0.1) is 0 Å². The Bertz CT molecular complexity index is 622. The fourth-order valence-corrected chi connectivity index (χ4v) is 2.01. The summed E-state index contributed by atoms with van der Waals surface area (Å²) in [6.07, 6.45) is 2.75. The van der Waals surface area contributed by atoms with Gasteiger partial charge >= 0.3 is 0 Å². The van der Waals surface area contributed by atoms with E-state index in [2.05, 4.69) is 10.3 Å². The van der Waals surface area contributed by atoms with E-state index in [1.54, 1.807) is 6.20 Å². The van der Waals surface area contributed by atoms with Crippen molar-refractivity contribution in [1.29, 1.82) is 0 Å². The third-order valence-electron chi connectivity index (χ3n) is 3.33. The van der Waals surface area contributed by atoms with Gasteiger partial charge in [-0.05, 0) is 37.6 Å². The Labute approximate surface area is 137 Å². The first-order chi connectivity index (χ1) is 11.0. The van der Waals surface area contributed by atoms with Crippen LogP contribution in [0.1, 0.15) is 18.4 Å². The van der Waals surface area contributed by atoms with Crippen LogP contribution >= 0.6 is 0 Å². The molecule has 0 saturated heterocycles. The minimum atomic E-state index is -0.0306. The highest BCUT2D eigenvalue weighted by molar-refractivity contribution is 5.90. The molecule has 1 aromatic carbocycles. The van der Waals surface area contributed by atoms with Crippen LogP contribution in [0.25, 0.3) is 0 Å². The number of carbonyl (C=O) groups is 1. The average Bonchev–Trinajstić information content (AvgIpc) is 2.54. The predicted molar refractivity (Wildman–Crippen MR) is 93.1 cm³/mol. The van der Waals surface area contributed by atoms with E-state index in [1.165, 1.54) is 5.56 Å². The van der Waals surface area contributed by atoms with Crippen molar-refractivity contribution in [2.24, 2.45) is 0 Å². The number of amides is 1. The van der Waals surface area contributed by atoms with Gasteiger partial charge in [0.1, 0.15) is 11.6 Å². The van der Waals surface area contributed by atoms with Crippen molar-refractivity contribution in [3.63, 3.8) is 0 Å². The molecule has 5 nitrogen and oxygen atoms in total. The lowest BCUT2D eigenvalue weighted by Gasteiger charge is -2.11. The fourth-order valence-electron chi connectivity index (χ4n) is 2.01. The van der Waals surface area contributed by atoms with Gasteiger partial charge in [0, 0.05) is 20.5 Å². The third-order valence-corrected chi connectivity index (χ3v) is 3.33. The van der Waals surface area contributed by atoms with Crippen molar-refractivity contribution >= 4 is 17.4 Å². The molecule has 1 N–H and O–H groups in total. The fraction of sp³-hybridized carbons (Fsp3) is 0.333. The molecule has 0 fully saturated rings. The second-order valence-corrected chi connectivity index (χ2v) is 5.61. The largest absolute Gasteiger partial charge is 0.494 e. The molecular weight excluding hydrogens is 290 g/mol. The van der Waals surface area contributed by atoms with Crippen molar-refractivity contribution in [3.8, 4) is 5.75 Å². The number of anilines is 2. The molecule has 0 radical (unpaired) electrons. The van der Waals surface area contributed by atoms with Crippen LogP contribution in [-0.2, 0) is 4.79 Å². The van der Waals surface area contributed by atoms with Gasteiger partial charge in [0.25, 0.3) is 0 Å². The zero-order valence-electron chi connectivity index (χ0n) is 13.9. The van der Waals surface area contributed by atoms with E-state index in [1.807, 2.05) is 62.3 Å². The number of carbonyl (C=O) groups excluding carboxylic acids is 1. The Hall–Kier alpha value is -2.56. The molecule has 122 valence electrons. The molecule has 23 heavy (non-hydrogen) atoms. The van der Waals surface area contributed by atoms with Gasteiger partial charge in [-0.25, -0.2) is 4.98 Å². The molecule has 2 rings (SSSR count). The number of nitrogens with one attached hydrogen (secondary N) is 1. The zero-order chi connectivity index (χ0) is 16.7. The Balaban J connectivity index is 1.69. The topological polar surface area (TPSA) is 54.5 Å². The van der Waals surface area contributed by atoms with E-state index >= 15 is 0 Å². The van der Waals surface area contributed by atoms with E-state index in [0.29, 0.717) is 25.1 Å². The highest BCUT2D eigenvalue weighted by atomic mass is 16.5. The average molecular weight is 313 g/mol. The normalized spacial score (nSPS) is 10.2. The minimum absolute atomic E-state index is 0.0306. The Kier molecular flexibility index (Phi) is 5.97. The number of ether oxygens (including phenoxy) is 1. The first-order valence-corrected chi connectivity index (χ1v) is 7.67. The first-order valence-electron chi connectivity index (χ1n) is 7.67. The number of pyridine rings is 1. The SMILES string of the molecule is Cc1ccc(OCCCC(=O)Nc2ccc(N(C)C)nc2)cc1. The molecule has 0 aliphatic heterocycles. The number of aryl methyl sites for hydroxylation is 1. The third kappa shape index (κ3) is 5.62. The summed E-state index contributed by atoms with van der Waals surface area (Å²) in [4.78, 5) is 18.1. The zero-order valence-corrected chi connectivity index (χ0v) is 13.9. The molecule has 0 aliphatic carbocycles. The van der Waals surface area contributed by atoms with Crippen LogP contribution in [0.15, 0.2) is 42.6 Å². The van der Waals surface area contributed by atoms with E-state index in [0.717, 1.165) is 11.6 Å². The maximum atomic E-state index is 11.9. The summed E-state index contributed by atoms with van der Waals surface area (Å²) < 4.78 is 5.61. The molecule has 1 amide bonds. The van der Waals surface area contributed by atoms with E-state index in [4.69, 9.17) is 4.74 Å². The standard InChI is InChI=1S/C18H23N3O2/c1-14-6-9-16(10-7-14)23-12-4-5-18(22)20-15-8-11-17(19-13-15)21(2)3/h6-11,13H,4-5,12H2,1-3H3,(H,20,22). The van der Waals surface area contributed by atoms with Gasteiger partial charge in [-0.1, -0.05) is 17.7 Å². The lowest BCUT2D eigenvalue weighted by Crippen LogP contribution is -2.14. The van der Waals surface area contributed by atoms with Crippen molar-refractivity contribution in [3.05, 3.63) is 48.2 Å². The number of hydrogen-bond acceptors (Lipinski definition) is 4. The number of hydrogen-bond donors (Lipinski definition) is 1. The van der Waals surface area contributed by atoms with E-state index in [-0.39, 0.29) is 5.91 Å². The summed E-state index contributed by atoms with van der Waals surface area (Å²) in [5, 5.41) is 2.84. The summed E-state index contributed by atoms with van der Waals surface area (Å²) in [5.74, 6) is 1.66. The van der Waals surface area contributed by atoms with Crippen LogP contribution in [0.4, 0.5) is 11.5 Å². The monoisotopic (exact) mass is 313 g/mol. The molecule has 0 saturated carbocycles. The summed E-state index contributed by atoms with van der Waals surface area (Å²) in [6, 6.07) is 11.6. The quantitative estimate of drug-likeness (QED) is 0.797. The molecule has 2 aromatic rings. The smallest absolute Gasteiger partial charge is 0.224 e. The molecule has 0 spiro atoms. The summed E-state index contributed by atoms with van der Waals surface area (Å²) >= 11 is 0. The maximum Gasteiger partial charge on any atom is 0.224 e. The number of nitrogens with zero attached hydrogens (tertiary/aromatic N) is 2. The van der Waals surface area contributed by atoms with Crippen molar-refractivity contribution in [1.82, 2.24) is 4.98 Å². The highest BCUT2D eigenvalue weighted by Crippen LogP contribution is 2.13. The molecular formula is C18H23N3O2. The second kappa shape index (κ2) is 8.17. The Morgan fingerprint density at radius 2 is 1.91 bits per heavy atom. The Morgan fingerprint density at radius 1 is 1.17 bits per heavy atom. The molecule has 0 aliphatic rings. The summed E-state index contributed by atoms with van der Waals surface area (Å²) in [6.45, 7) is 2.56. The van der Waals surface area contributed by atoms with Gasteiger partial charge in [0.2, 0.25) is 5.91 Å². The minimum Gasteiger partial charge on any atom is -0.494 e. The van der Waals surface area contributed by atoms with E-state index in [9.17, 15) is 4.79 Å². The van der Waals surface area contributed by atoms with Gasteiger partial charge in [-0.2, -0.15) is 0 Å². The van der Waals surface area contributed by atoms with Crippen molar-refractivity contribution in [2.75, 3.05) is 30.9 Å². The van der Waals surface area contributed by atoms with Crippen LogP contribution in [0.5, 0.6) is 5.75 Å². The highest BCUT2D eigenvalue weighted by Gasteiger charge is 2.04. The molecule has 0 bridgehead atoms. The van der Waals surface area contributed by atoms with Crippen LogP contribution in [-0.4, -0.2) is 31.6 Å². The lowest BCUT2D eigenvalue weighted by molar-refractivity contribution is -0.116. The molecule has 5 heteroatoms. The van der Waals surface area contributed by atoms with Crippen LogP contribution in [0, 0.1) is 6.92 Å². The summed E-state index contributed by atoms with van der Waals surface area (Å²) in [5.41, 5.74) is 1.91. The van der Waals surface area contributed by atoms with Gasteiger partial charge in [0.15, 0.2) is 0 Å². The van der Waals surface area contributed by atoms with Gasteiger partial charge in [-0.3, -0.25) is 4.79 Å². The first kappa shape index (κ1) is 16.8. The van der Waals surface area contributed by atoms with E-state index < -0.39 is 0 Å². The molecule has 1 heterocycles. The lowest BCUT2D eigenvalue weighted by atomic mass is 10.2. The van der Waals surface area contributed by atoms with Gasteiger partial charge in [0.05, 0.1) is 18.5 Å². The number of aromatic nitrogens is 1. The second-order valence-electron chi connectivity index (χ2n) is 5.61. The molecule has 1 aromatic heterocycles. The Morgan fingerprint density at radius 3 is 2.52 bits per heavy atom. The van der Waals surface area contributed by atoms with Crippen LogP contribution < -0.4 is 15.0 Å². The maximum absolute atomic E-state index is 11.9. The number of rotatable bonds is 7. The van der Waals surface area contributed by atoms with Gasteiger partial charge < -0.3 is 15.0 Å². The van der Waals surface area contributed by atoms with Crippen LogP contribution in [0.2, 0.25) is 0 Å². The van der Waals surface area contributed by atoms with Crippen molar-refractivity contribution < 1.29 is 9.53 Å². The summed E-state index contributed by atoms with van der Waals surface area (Å²) in [7, 11) is 3.85. The molecule has 0 unspecified atom stereocenters. The number of benzene rings is 1. The molecule has 0 atom stereocenters. The predicted octanol–water partition coefficient (Wildman–Crippen LogP) is 3.25. The van der Waals surface area contributed by atoms with Crippen LogP contribution in [0.3, 0.4) is 0 Å². The van der Waals surface area contributed by atoms with Crippen molar-refractivity contribution in [2.45, 2.75) is 19.8 Å².